The van der Waals surface area contributed by atoms with Crippen molar-refractivity contribution in [1.82, 2.24) is 19.1 Å². The maximum Gasteiger partial charge on any atom is 0.203 e. The number of fused-ring (bicyclic) bond motifs is 3. The molecular weight excluding hydrogens is 456 g/mol. The molecule has 3 aromatic heterocycles. The van der Waals surface area contributed by atoms with E-state index in [0.29, 0.717) is 2.06 Å². The molecule has 3 aromatic rings. The highest BCUT2D eigenvalue weighted by atomic mass is 127. The molecule has 94 valence electrons. The van der Waals surface area contributed by atoms with E-state index in [1.54, 1.807) is 0 Å². The van der Waals surface area contributed by atoms with E-state index < -0.39 is 0 Å². The first-order valence-corrected chi connectivity index (χ1v) is 7.90. The van der Waals surface area contributed by atoms with E-state index in [2.05, 4.69) is 81.9 Å². The molecule has 1 N–H and O–H groups in total. The molecule has 0 amide bonds. The molecule has 0 fully saturated rings. The number of aryl methyl sites for hydroxylation is 1. The van der Waals surface area contributed by atoms with Crippen molar-refractivity contribution in [3.05, 3.63) is 18.5 Å². The molecule has 0 atom stereocenters. The maximum atomic E-state index is 4.53. The molecule has 0 spiro atoms. The Balaban J connectivity index is 2.42. The highest BCUT2D eigenvalue weighted by Gasteiger charge is 2.14. The normalized spacial score (nSPS) is 11.8. The molecule has 0 saturated heterocycles. The number of pyridine rings is 1. The fraction of sp³-hybridized carbons (Fsp3) is 0.273. The number of hydrogen-bond acceptors (Lipinski definition) is 3. The Labute approximate surface area is 131 Å². The molecular formula is C11H11I2N5. The minimum atomic E-state index is 0.347. The molecule has 0 radical (unpaired) electrons. The van der Waals surface area contributed by atoms with E-state index in [1.807, 2.05) is 20.3 Å². The minimum Gasteiger partial charge on any atom is -0.359 e. The Morgan fingerprint density at radius 2 is 2.17 bits per heavy atom. The second kappa shape index (κ2) is 4.51. The number of alkyl halides is 2. The lowest BCUT2D eigenvalue weighted by Gasteiger charge is -2.05. The van der Waals surface area contributed by atoms with E-state index in [0.717, 1.165) is 28.0 Å². The molecule has 7 heteroatoms. The van der Waals surface area contributed by atoms with Crippen molar-refractivity contribution in [3.63, 3.8) is 0 Å². The zero-order chi connectivity index (χ0) is 12.9. The molecule has 0 aliphatic rings. The summed E-state index contributed by atoms with van der Waals surface area (Å²) < 4.78 is 4.57. The molecule has 0 bridgehead atoms. The van der Waals surface area contributed by atoms with Gasteiger partial charge in [-0.1, -0.05) is 0 Å². The predicted molar refractivity (Wildman–Crippen MR) is 90.6 cm³/mol. The third-order valence-electron chi connectivity index (χ3n) is 3.01. The molecule has 3 rings (SSSR count). The standard InChI is InChI=1S/C11H11I2N5/c1-14-11-16-7-5-15-9-6(8(7)17(11)2)3-4-18(9)10(12)13/h3-5,10H,1-2H3,(H,14,16). The van der Waals surface area contributed by atoms with E-state index in [-0.39, 0.29) is 0 Å². The van der Waals surface area contributed by atoms with Gasteiger partial charge in [-0.3, -0.25) is 0 Å². The smallest absolute Gasteiger partial charge is 0.203 e. The summed E-state index contributed by atoms with van der Waals surface area (Å²) in [5.41, 5.74) is 3.05. The molecule has 0 saturated carbocycles. The molecule has 0 unspecified atom stereocenters. The Morgan fingerprint density at radius 1 is 1.39 bits per heavy atom. The van der Waals surface area contributed by atoms with Gasteiger partial charge in [0, 0.05) is 25.7 Å². The first-order valence-electron chi connectivity index (χ1n) is 5.41. The van der Waals surface area contributed by atoms with Gasteiger partial charge in [-0.25, -0.2) is 9.97 Å². The predicted octanol–water partition coefficient (Wildman–Crippen LogP) is 3.29. The number of halogens is 2. The fourth-order valence-corrected chi connectivity index (χ4v) is 3.09. The van der Waals surface area contributed by atoms with Crippen molar-refractivity contribution in [3.8, 4) is 0 Å². The number of rotatable bonds is 2. The topological polar surface area (TPSA) is 47.7 Å². The zero-order valence-corrected chi connectivity index (χ0v) is 14.2. The summed E-state index contributed by atoms with van der Waals surface area (Å²) in [6.45, 7) is 0. The van der Waals surface area contributed by atoms with Crippen LogP contribution in [0.5, 0.6) is 0 Å². The van der Waals surface area contributed by atoms with Crippen LogP contribution < -0.4 is 5.32 Å². The van der Waals surface area contributed by atoms with E-state index >= 15 is 0 Å². The first kappa shape index (κ1) is 12.5. The molecule has 0 aliphatic heterocycles. The van der Waals surface area contributed by atoms with Gasteiger partial charge in [0.25, 0.3) is 0 Å². The Hall–Kier alpha value is -0.580. The zero-order valence-electron chi connectivity index (χ0n) is 9.85. The fourth-order valence-electron chi connectivity index (χ4n) is 2.19. The van der Waals surface area contributed by atoms with Crippen LogP contribution in [0.2, 0.25) is 0 Å². The lowest BCUT2D eigenvalue weighted by Crippen LogP contribution is -1.98. The van der Waals surface area contributed by atoms with Crippen LogP contribution in [0.15, 0.2) is 18.5 Å². The summed E-state index contributed by atoms with van der Waals surface area (Å²) in [6.07, 6.45) is 3.91. The van der Waals surface area contributed by atoms with Crippen molar-refractivity contribution in [2.24, 2.45) is 7.05 Å². The van der Waals surface area contributed by atoms with Crippen molar-refractivity contribution >= 4 is 73.2 Å². The van der Waals surface area contributed by atoms with Gasteiger partial charge in [0.05, 0.1) is 11.7 Å². The molecule has 5 nitrogen and oxygen atoms in total. The van der Waals surface area contributed by atoms with Gasteiger partial charge < -0.3 is 14.5 Å². The van der Waals surface area contributed by atoms with Crippen LogP contribution in [-0.4, -0.2) is 26.1 Å². The van der Waals surface area contributed by atoms with Crippen LogP contribution in [0, 0.1) is 0 Å². The summed E-state index contributed by atoms with van der Waals surface area (Å²) >= 11 is 4.75. The van der Waals surface area contributed by atoms with E-state index in [9.17, 15) is 0 Å². The van der Waals surface area contributed by atoms with Gasteiger partial charge in [0.2, 0.25) is 5.95 Å². The van der Waals surface area contributed by atoms with Gasteiger partial charge in [-0.2, -0.15) is 0 Å². The van der Waals surface area contributed by atoms with Gasteiger partial charge in [0.1, 0.15) is 13.2 Å². The second-order valence-corrected chi connectivity index (χ2v) is 8.72. The SMILES string of the molecule is CNc1nc2cnc3c(ccn3C(I)I)c2n1C. The highest BCUT2D eigenvalue weighted by Crippen LogP contribution is 2.32. The lowest BCUT2D eigenvalue weighted by atomic mass is 10.3. The summed E-state index contributed by atoms with van der Waals surface area (Å²) in [4.78, 5) is 9.04. The van der Waals surface area contributed by atoms with Gasteiger partial charge in [-0.05, 0) is 51.2 Å². The largest absolute Gasteiger partial charge is 0.359 e. The molecule has 3 heterocycles. The van der Waals surface area contributed by atoms with Crippen LogP contribution >= 0.6 is 45.2 Å². The average Bonchev–Trinajstić information content (AvgIpc) is 2.89. The lowest BCUT2D eigenvalue weighted by molar-refractivity contribution is 0.949. The molecule has 18 heavy (non-hydrogen) atoms. The van der Waals surface area contributed by atoms with Gasteiger partial charge in [0.15, 0.2) is 0 Å². The third-order valence-corrected chi connectivity index (χ3v) is 4.21. The monoisotopic (exact) mass is 467 g/mol. The van der Waals surface area contributed by atoms with Crippen LogP contribution in [0.4, 0.5) is 5.95 Å². The van der Waals surface area contributed by atoms with Crippen LogP contribution in [-0.2, 0) is 7.05 Å². The maximum absolute atomic E-state index is 4.53. The van der Waals surface area contributed by atoms with Crippen molar-refractivity contribution in [2.45, 2.75) is 2.06 Å². The Bertz CT molecular complexity index is 728. The van der Waals surface area contributed by atoms with Gasteiger partial charge >= 0.3 is 0 Å². The summed E-state index contributed by atoms with van der Waals surface area (Å²) in [5, 5.41) is 4.23. The summed E-state index contributed by atoms with van der Waals surface area (Å²) in [6, 6.07) is 2.11. The first-order chi connectivity index (χ1) is 8.63. The Morgan fingerprint density at radius 3 is 2.83 bits per heavy atom. The van der Waals surface area contributed by atoms with E-state index in [1.165, 1.54) is 0 Å². The van der Waals surface area contributed by atoms with Crippen LogP contribution in [0.1, 0.15) is 2.06 Å². The summed E-state index contributed by atoms with van der Waals surface area (Å²) in [5.74, 6) is 0.854. The Kier molecular flexibility index (Phi) is 3.12. The number of hydrogen-bond donors (Lipinski definition) is 1. The summed E-state index contributed by atoms with van der Waals surface area (Å²) in [7, 11) is 3.90. The number of nitrogens with zero attached hydrogens (tertiary/aromatic N) is 4. The number of nitrogens with one attached hydrogen (secondary N) is 1. The molecule has 0 aliphatic carbocycles. The number of aromatic nitrogens is 4. The quantitative estimate of drug-likeness (QED) is 0.465. The van der Waals surface area contributed by atoms with Crippen molar-refractivity contribution in [2.75, 3.05) is 12.4 Å². The van der Waals surface area contributed by atoms with Crippen molar-refractivity contribution in [1.29, 1.82) is 0 Å². The van der Waals surface area contributed by atoms with Crippen molar-refractivity contribution < 1.29 is 0 Å². The average molecular weight is 467 g/mol. The van der Waals surface area contributed by atoms with Crippen LogP contribution in [0.3, 0.4) is 0 Å². The molecule has 0 aromatic carbocycles. The number of imidazole rings is 1. The minimum absolute atomic E-state index is 0.347. The number of anilines is 1. The van der Waals surface area contributed by atoms with E-state index in [4.69, 9.17) is 0 Å². The second-order valence-electron chi connectivity index (χ2n) is 3.97. The highest BCUT2D eigenvalue weighted by molar-refractivity contribution is 14.2. The van der Waals surface area contributed by atoms with Crippen LogP contribution in [0.25, 0.3) is 22.1 Å². The third kappa shape index (κ3) is 1.70. The van der Waals surface area contributed by atoms with Gasteiger partial charge in [-0.15, -0.1) is 0 Å².